The van der Waals surface area contributed by atoms with Crippen LogP contribution in [-0.4, -0.2) is 5.78 Å². The van der Waals surface area contributed by atoms with Crippen LogP contribution in [0.5, 0.6) is 0 Å². The molecular weight excluding hydrogens is 208 g/mol. The van der Waals surface area contributed by atoms with Crippen LogP contribution >= 0.6 is 0 Å². The fourth-order valence-corrected chi connectivity index (χ4v) is 2.25. The van der Waals surface area contributed by atoms with E-state index >= 15 is 0 Å². The minimum atomic E-state index is 0.222. The number of allylic oxidation sites excluding steroid dienone is 2. The molecule has 0 aliphatic heterocycles. The van der Waals surface area contributed by atoms with Crippen LogP contribution in [0, 0.1) is 5.92 Å². The molecule has 90 valence electrons. The van der Waals surface area contributed by atoms with Crippen LogP contribution in [0.3, 0.4) is 0 Å². The van der Waals surface area contributed by atoms with E-state index in [2.05, 4.69) is 32.1 Å². The molecular formula is C16H20O. The Morgan fingerprint density at radius 2 is 2.00 bits per heavy atom. The molecule has 1 aromatic carbocycles. The largest absolute Gasteiger partial charge is 0.289 e. The maximum atomic E-state index is 12.2. The highest BCUT2D eigenvalue weighted by molar-refractivity contribution is 6.08. The lowest BCUT2D eigenvalue weighted by Gasteiger charge is -2.17. The highest BCUT2D eigenvalue weighted by Gasteiger charge is 2.17. The molecule has 0 aromatic heterocycles. The maximum Gasteiger partial charge on any atom is 0.188 e. The molecule has 1 atom stereocenters. The summed E-state index contributed by atoms with van der Waals surface area (Å²) in [5, 5.41) is 0. The molecule has 0 N–H and O–H groups in total. The summed E-state index contributed by atoms with van der Waals surface area (Å²) in [6, 6.07) is 8.03. The summed E-state index contributed by atoms with van der Waals surface area (Å²) < 4.78 is 0. The van der Waals surface area contributed by atoms with Crippen molar-refractivity contribution in [2.24, 2.45) is 5.92 Å². The highest BCUT2D eigenvalue weighted by atomic mass is 16.1. The van der Waals surface area contributed by atoms with Crippen molar-refractivity contribution < 1.29 is 4.79 Å². The van der Waals surface area contributed by atoms with Gasteiger partial charge in [-0.05, 0) is 42.7 Å². The molecule has 1 unspecified atom stereocenters. The maximum absolute atomic E-state index is 12.2. The van der Waals surface area contributed by atoms with Crippen LogP contribution in [-0.2, 0) is 6.42 Å². The SMILES string of the molecule is CCc1ccc(C(=O)C2=CCC(C)CC2)cc1. The smallest absolute Gasteiger partial charge is 0.188 e. The second-order valence-corrected chi connectivity index (χ2v) is 4.99. The van der Waals surface area contributed by atoms with E-state index in [0.29, 0.717) is 0 Å². The van der Waals surface area contributed by atoms with Crippen molar-refractivity contribution in [3.8, 4) is 0 Å². The average Bonchev–Trinajstić information content (AvgIpc) is 2.39. The number of carbonyl (C=O) groups is 1. The average molecular weight is 228 g/mol. The lowest BCUT2D eigenvalue weighted by Crippen LogP contribution is -2.10. The van der Waals surface area contributed by atoms with Crippen LogP contribution in [0.2, 0.25) is 0 Å². The molecule has 1 aromatic rings. The summed E-state index contributed by atoms with van der Waals surface area (Å²) >= 11 is 0. The molecule has 1 nitrogen and oxygen atoms in total. The fraction of sp³-hybridized carbons (Fsp3) is 0.438. The van der Waals surface area contributed by atoms with Crippen LogP contribution in [0.25, 0.3) is 0 Å². The normalized spacial score (nSPS) is 19.9. The molecule has 1 aliphatic rings. The Morgan fingerprint density at radius 3 is 2.53 bits per heavy atom. The van der Waals surface area contributed by atoms with Gasteiger partial charge in [0.05, 0.1) is 0 Å². The first-order chi connectivity index (χ1) is 8.20. The van der Waals surface area contributed by atoms with Crippen molar-refractivity contribution in [2.75, 3.05) is 0 Å². The Kier molecular flexibility index (Phi) is 3.78. The lowest BCUT2D eigenvalue weighted by atomic mass is 9.87. The van der Waals surface area contributed by atoms with Crippen LogP contribution in [0.15, 0.2) is 35.9 Å². The first-order valence-corrected chi connectivity index (χ1v) is 6.53. The molecule has 0 heterocycles. The molecule has 0 amide bonds. The Bertz CT molecular complexity index is 425. The summed E-state index contributed by atoms with van der Waals surface area (Å²) in [4.78, 5) is 12.2. The van der Waals surface area contributed by atoms with E-state index in [1.807, 2.05) is 12.1 Å². The lowest BCUT2D eigenvalue weighted by molar-refractivity contribution is 0.102. The van der Waals surface area contributed by atoms with Gasteiger partial charge in [-0.3, -0.25) is 4.79 Å². The van der Waals surface area contributed by atoms with Crippen LogP contribution in [0.4, 0.5) is 0 Å². The molecule has 0 bridgehead atoms. The van der Waals surface area contributed by atoms with Gasteiger partial charge in [-0.2, -0.15) is 0 Å². The minimum Gasteiger partial charge on any atom is -0.289 e. The third kappa shape index (κ3) is 2.85. The molecule has 0 fully saturated rings. The number of hydrogen-bond donors (Lipinski definition) is 0. The summed E-state index contributed by atoms with van der Waals surface area (Å²) in [7, 11) is 0. The van der Waals surface area contributed by atoms with E-state index in [1.54, 1.807) is 0 Å². The van der Waals surface area contributed by atoms with Crippen LogP contribution in [0.1, 0.15) is 49.0 Å². The first kappa shape index (κ1) is 12.1. The zero-order chi connectivity index (χ0) is 12.3. The molecule has 17 heavy (non-hydrogen) atoms. The zero-order valence-corrected chi connectivity index (χ0v) is 10.7. The van der Waals surface area contributed by atoms with Crippen molar-refractivity contribution in [3.05, 3.63) is 47.0 Å². The molecule has 2 rings (SSSR count). The number of rotatable bonds is 3. The van der Waals surface area contributed by atoms with Gasteiger partial charge in [0, 0.05) is 5.56 Å². The second-order valence-electron chi connectivity index (χ2n) is 4.99. The van der Waals surface area contributed by atoms with E-state index in [4.69, 9.17) is 0 Å². The predicted molar refractivity (Wildman–Crippen MR) is 71.2 cm³/mol. The second kappa shape index (κ2) is 5.31. The van der Waals surface area contributed by atoms with Gasteiger partial charge in [0.25, 0.3) is 0 Å². The number of carbonyl (C=O) groups excluding carboxylic acids is 1. The van der Waals surface area contributed by atoms with E-state index in [9.17, 15) is 4.79 Å². The third-order valence-corrected chi connectivity index (χ3v) is 3.59. The summed E-state index contributed by atoms with van der Waals surface area (Å²) in [5.74, 6) is 0.952. The van der Waals surface area contributed by atoms with Crippen molar-refractivity contribution in [3.63, 3.8) is 0 Å². The molecule has 0 radical (unpaired) electrons. The van der Waals surface area contributed by atoms with Crippen molar-refractivity contribution in [1.29, 1.82) is 0 Å². The number of Topliss-reactive ketones (excluding diaryl/α,β-unsaturated/α-hetero) is 1. The predicted octanol–water partition coefficient (Wildman–Crippen LogP) is 4.18. The Labute approximate surface area is 104 Å². The molecule has 1 aliphatic carbocycles. The van der Waals surface area contributed by atoms with Crippen molar-refractivity contribution in [2.45, 2.75) is 39.5 Å². The van der Waals surface area contributed by atoms with Gasteiger partial charge >= 0.3 is 0 Å². The minimum absolute atomic E-state index is 0.222. The summed E-state index contributed by atoms with van der Waals surface area (Å²) in [6.07, 6.45) is 6.28. The van der Waals surface area contributed by atoms with E-state index in [0.717, 1.165) is 42.7 Å². The van der Waals surface area contributed by atoms with Gasteiger partial charge in [0.2, 0.25) is 0 Å². The monoisotopic (exact) mass is 228 g/mol. The Balaban J connectivity index is 2.14. The number of hydrogen-bond acceptors (Lipinski definition) is 1. The standard InChI is InChI=1S/C16H20O/c1-3-13-6-10-15(11-7-13)16(17)14-8-4-12(2)5-9-14/h6-8,10-12H,3-5,9H2,1-2H3. The third-order valence-electron chi connectivity index (χ3n) is 3.59. The van der Waals surface area contributed by atoms with Gasteiger partial charge in [-0.25, -0.2) is 0 Å². The van der Waals surface area contributed by atoms with Crippen LogP contribution < -0.4 is 0 Å². The van der Waals surface area contributed by atoms with E-state index in [-0.39, 0.29) is 5.78 Å². The fourth-order valence-electron chi connectivity index (χ4n) is 2.25. The number of ketones is 1. The summed E-state index contributed by atoms with van der Waals surface area (Å²) in [6.45, 7) is 4.37. The Hall–Kier alpha value is -1.37. The number of benzene rings is 1. The zero-order valence-electron chi connectivity index (χ0n) is 10.7. The number of aryl methyl sites for hydroxylation is 1. The van der Waals surface area contributed by atoms with E-state index in [1.165, 1.54) is 5.56 Å². The van der Waals surface area contributed by atoms with Crippen molar-refractivity contribution >= 4 is 5.78 Å². The topological polar surface area (TPSA) is 17.1 Å². The first-order valence-electron chi connectivity index (χ1n) is 6.53. The molecule has 1 heteroatoms. The van der Waals surface area contributed by atoms with Gasteiger partial charge < -0.3 is 0 Å². The summed E-state index contributed by atoms with van der Waals surface area (Å²) in [5.41, 5.74) is 3.13. The quantitative estimate of drug-likeness (QED) is 0.709. The van der Waals surface area contributed by atoms with Gasteiger partial charge in [0.1, 0.15) is 0 Å². The molecule has 0 saturated heterocycles. The van der Waals surface area contributed by atoms with Gasteiger partial charge in [0.15, 0.2) is 5.78 Å². The Morgan fingerprint density at radius 1 is 1.29 bits per heavy atom. The highest BCUT2D eigenvalue weighted by Crippen LogP contribution is 2.25. The van der Waals surface area contributed by atoms with Gasteiger partial charge in [-0.1, -0.05) is 44.2 Å². The van der Waals surface area contributed by atoms with E-state index < -0.39 is 0 Å². The molecule has 0 spiro atoms. The van der Waals surface area contributed by atoms with Gasteiger partial charge in [-0.15, -0.1) is 0 Å². The molecule has 0 saturated carbocycles. The van der Waals surface area contributed by atoms with Crippen molar-refractivity contribution in [1.82, 2.24) is 0 Å².